The number of carbonyl (C=O) groups excluding carboxylic acids is 1. The first kappa shape index (κ1) is 17.5. The van der Waals surface area contributed by atoms with Crippen LogP contribution in [0.25, 0.3) is 5.57 Å². The lowest BCUT2D eigenvalue weighted by Gasteiger charge is -2.24. The molecule has 0 saturated carbocycles. The van der Waals surface area contributed by atoms with Gasteiger partial charge in [-0.15, -0.1) is 0 Å². The molecule has 0 spiro atoms. The van der Waals surface area contributed by atoms with Crippen molar-refractivity contribution in [2.45, 2.75) is 0 Å². The Hall–Kier alpha value is -3.35. The predicted molar refractivity (Wildman–Crippen MR) is 99.3 cm³/mol. The van der Waals surface area contributed by atoms with Gasteiger partial charge in [0.1, 0.15) is 5.75 Å². The standard InChI is InChI=1S/C19H20N2O5/c1-24-15-10-13-16(18(26-3)17(15)25-2)11(8-9-20-13)19(23)21-12-6-4-5-7-14(12)22/h4-8,10,20,22H,9H2,1-3H3,(H,21,23). The Morgan fingerprint density at radius 1 is 1.12 bits per heavy atom. The zero-order valence-electron chi connectivity index (χ0n) is 14.8. The van der Waals surface area contributed by atoms with Crippen molar-refractivity contribution in [2.24, 2.45) is 0 Å². The zero-order valence-corrected chi connectivity index (χ0v) is 14.8. The number of ether oxygens (including phenoxy) is 3. The van der Waals surface area contributed by atoms with E-state index < -0.39 is 0 Å². The highest BCUT2D eigenvalue weighted by Gasteiger charge is 2.28. The Morgan fingerprint density at radius 3 is 2.50 bits per heavy atom. The van der Waals surface area contributed by atoms with Crippen LogP contribution in [0.3, 0.4) is 0 Å². The molecule has 0 aromatic heterocycles. The van der Waals surface area contributed by atoms with Crippen molar-refractivity contribution in [3.8, 4) is 23.0 Å². The lowest BCUT2D eigenvalue weighted by Crippen LogP contribution is -2.20. The van der Waals surface area contributed by atoms with Crippen molar-refractivity contribution in [3.63, 3.8) is 0 Å². The summed E-state index contributed by atoms with van der Waals surface area (Å²) in [7, 11) is 4.55. The third kappa shape index (κ3) is 2.99. The molecule has 0 bridgehead atoms. The van der Waals surface area contributed by atoms with Crippen LogP contribution in [0.4, 0.5) is 11.4 Å². The maximum atomic E-state index is 12.9. The number of fused-ring (bicyclic) bond motifs is 1. The second-order valence-corrected chi connectivity index (χ2v) is 5.54. The maximum Gasteiger partial charge on any atom is 0.256 e. The van der Waals surface area contributed by atoms with E-state index >= 15 is 0 Å². The van der Waals surface area contributed by atoms with E-state index in [0.717, 1.165) is 0 Å². The molecule has 0 atom stereocenters. The molecule has 0 radical (unpaired) electrons. The highest BCUT2D eigenvalue weighted by molar-refractivity contribution is 6.28. The molecule has 1 aliphatic heterocycles. The summed E-state index contributed by atoms with van der Waals surface area (Å²) in [6, 6.07) is 8.31. The first-order chi connectivity index (χ1) is 12.6. The number of para-hydroxylation sites is 2. The molecule has 0 aliphatic carbocycles. The topological polar surface area (TPSA) is 89.1 Å². The van der Waals surface area contributed by atoms with E-state index in [9.17, 15) is 9.90 Å². The normalized spacial score (nSPS) is 12.3. The fraction of sp³-hybridized carbons (Fsp3) is 0.211. The van der Waals surface area contributed by atoms with Gasteiger partial charge in [-0.25, -0.2) is 0 Å². The van der Waals surface area contributed by atoms with E-state index in [1.54, 1.807) is 30.3 Å². The number of amides is 1. The van der Waals surface area contributed by atoms with Gasteiger partial charge in [-0.2, -0.15) is 0 Å². The average Bonchev–Trinajstić information content (AvgIpc) is 2.67. The third-order valence-electron chi connectivity index (χ3n) is 4.09. The number of hydrogen-bond donors (Lipinski definition) is 3. The van der Waals surface area contributed by atoms with Crippen molar-refractivity contribution in [1.82, 2.24) is 0 Å². The molecule has 2 aromatic rings. The van der Waals surface area contributed by atoms with Crippen molar-refractivity contribution in [3.05, 3.63) is 42.0 Å². The number of methoxy groups -OCH3 is 3. The number of rotatable bonds is 5. The highest BCUT2D eigenvalue weighted by atomic mass is 16.5. The third-order valence-corrected chi connectivity index (χ3v) is 4.09. The molecule has 7 nitrogen and oxygen atoms in total. The number of anilines is 2. The van der Waals surface area contributed by atoms with Crippen LogP contribution in [0.2, 0.25) is 0 Å². The fourth-order valence-electron chi connectivity index (χ4n) is 2.90. The first-order valence-electron chi connectivity index (χ1n) is 7.97. The van der Waals surface area contributed by atoms with Crippen LogP contribution in [0.15, 0.2) is 36.4 Å². The molecular weight excluding hydrogens is 336 g/mol. The van der Waals surface area contributed by atoms with Gasteiger partial charge in [0, 0.05) is 12.6 Å². The smallest absolute Gasteiger partial charge is 0.256 e. The fourth-order valence-corrected chi connectivity index (χ4v) is 2.90. The molecule has 7 heteroatoms. The van der Waals surface area contributed by atoms with Gasteiger partial charge in [-0.1, -0.05) is 18.2 Å². The molecular formula is C19H20N2O5. The van der Waals surface area contributed by atoms with Gasteiger partial charge < -0.3 is 30.0 Å². The molecule has 3 N–H and O–H groups in total. The highest BCUT2D eigenvalue weighted by Crippen LogP contribution is 2.48. The Balaban J connectivity index is 2.06. The minimum Gasteiger partial charge on any atom is -0.506 e. The first-order valence-corrected chi connectivity index (χ1v) is 7.97. The minimum absolute atomic E-state index is 0.00474. The summed E-state index contributed by atoms with van der Waals surface area (Å²) in [5.74, 6) is 0.930. The summed E-state index contributed by atoms with van der Waals surface area (Å²) in [5, 5.41) is 15.8. The van der Waals surface area contributed by atoms with E-state index in [0.29, 0.717) is 46.3 Å². The van der Waals surface area contributed by atoms with Crippen molar-refractivity contribution in [2.75, 3.05) is 38.5 Å². The number of benzene rings is 2. The number of aromatic hydroxyl groups is 1. The summed E-state index contributed by atoms with van der Waals surface area (Å²) in [6.45, 7) is 0.467. The molecule has 2 aromatic carbocycles. The Bertz CT molecular complexity index is 876. The van der Waals surface area contributed by atoms with E-state index in [1.807, 2.05) is 0 Å². The summed E-state index contributed by atoms with van der Waals surface area (Å²) in [6.07, 6.45) is 1.76. The minimum atomic E-state index is -0.361. The van der Waals surface area contributed by atoms with Crippen LogP contribution < -0.4 is 24.8 Å². The Morgan fingerprint density at radius 2 is 1.85 bits per heavy atom. The van der Waals surface area contributed by atoms with Gasteiger partial charge >= 0.3 is 0 Å². The molecule has 0 unspecified atom stereocenters. The van der Waals surface area contributed by atoms with E-state index in [2.05, 4.69) is 10.6 Å². The monoisotopic (exact) mass is 356 g/mol. The number of phenolic OH excluding ortho intramolecular Hbond substituents is 1. The van der Waals surface area contributed by atoms with E-state index in [-0.39, 0.29) is 11.7 Å². The van der Waals surface area contributed by atoms with E-state index in [1.165, 1.54) is 27.4 Å². The molecule has 3 rings (SSSR count). The lowest BCUT2D eigenvalue weighted by atomic mass is 9.97. The summed E-state index contributed by atoms with van der Waals surface area (Å²) < 4.78 is 16.3. The lowest BCUT2D eigenvalue weighted by molar-refractivity contribution is -0.111. The van der Waals surface area contributed by atoms with Crippen LogP contribution in [0.1, 0.15) is 5.56 Å². The van der Waals surface area contributed by atoms with Gasteiger partial charge in [0.15, 0.2) is 11.5 Å². The molecule has 0 saturated heterocycles. The molecule has 1 aliphatic rings. The van der Waals surface area contributed by atoms with Crippen molar-refractivity contribution < 1.29 is 24.1 Å². The molecule has 26 heavy (non-hydrogen) atoms. The largest absolute Gasteiger partial charge is 0.506 e. The maximum absolute atomic E-state index is 12.9. The molecule has 136 valence electrons. The molecule has 0 fully saturated rings. The molecule has 1 heterocycles. The summed E-state index contributed by atoms with van der Waals surface area (Å²) in [5.41, 5.74) is 2.02. The Labute approximate surface area is 151 Å². The van der Waals surface area contributed by atoms with Gasteiger partial charge in [0.05, 0.1) is 43.8 Å². The van der Waals surface area contributed by atoms with Gasteiger partial charge in [-0.05, 0) is 12.1 Å². The second kappa shape index (κ2) is 7.26. The number of phenols is 1. The molecule has 1 amide bonds. The van der Waals surface area contributed by atoms with Crippen LogP contribution in [-0.4, -0.2) is 38.9 Å². The van der Waals surface area contributed by atoms with Gasteiger partial charge in [0.25, 0.3) is 5.91 Å². The van der Waals surface area contributed by atoms with Crippen LogP contribution >= 0.6 is 0 Å². The summed E-state index contributed by atoms with van der Waals surface area (Å²) >= 11 is 0. The van der Waals surface area contributed by atoms with Crippen molar-refractivity contribution in [1.29, 1.82) is 0 Å². The van der Waals surface area contributed by atoms with Crippen LogP contribution in [0.5, 0.6) is 23.0 Å². The number of carbonyl (C=O) groups is 1. The quantitative estimate of drug-likeness (QED) is 0.714. The number of hydrogen-bond acceptors (Lipinski definition) is 6. The zero-order chi connectivity index (χ0) is 18.7. The number of nitrogens with one attached hydrogen (secondary N) is 2. The SMILES string of the molecule is COc1cc2c(c(OC)c1OC)C(C(=O)Nc1ccccc1O)=CCN2. The second-order valence-electron chi connectivity index (χ2n) is 5.54. The van der Waals surface area contributed by atoms with Crippen LogP contribution in [0, 0.1) is 0 Å². The Kier molecular flexibility index (Phi) is 4.88. The van der Waals surface area contributed by atoms with Gasteiger partial charge in [0.2, 0.25) is 5.75 Å². The van der Waals surface area contributed by atoms with Gasteiger partial charge in [-0.3, -0.25) is 4.79 Å². The predicted octanol–water partition coefficient (Wildman–Crippen LogP) is 2.87. The summed E-state index contributed by atoms with van der Waals surface area (Å²) in [4.78, 5) is 12.9. The van der Waals surface area contributed by atoms with Crippen LogP contribution in [-0.2, 0) is 4.79 Å². The van der Waals surface area contributed by atoms with Crippen molar-refractivity contribution >= 4 is 22.9 Å². The average molecular weight is 356 g/mol. The van der Waals surface area contributed by atoms with E-state index in [4.69, 9.17) is 14.2 Å².